The average Bonchev–Trinajstić information content (AvgIpc) is 2.62. The Morgan fingerprint density at radius 2 is 1.08 bits per heavy atom. The fraction of sp³-hybridized carbons (Fsp3) is 0.500. The summed E-state index contributed by atoms with van der Waals surface area (Å²) in [5, 5.41) is 0. The summed E-state index contributed by atoms with van der Waals surface area (Å²) in [6.45, 7) is 2.27. The van der Waals surface area contributed by atoms with E-state index >= 15 is 0 Å². The van der Waals surface area contributed by atoms with Gasteiger partial charge in [0.2, 0.25) is 0 Å². The second-order valence-electron chi connectivity index (χ2n) is 7.56. The lowest BCUT2D eigenvalue weighted by molar-refractivity contribution is 0.367. The van der Waals surface area contributed by atoms with Crippen LogP contribution in [0.25, 0.3) is 0 Å². The molecular weight excluding hydrogens is 302 g/mol. The number of rotatable bonds is 12. The van der Waals surface area contributed by atoms with Crippen molar-refractivity contribution in [2.75, 3.05) is 0 Å². The maximum Gasteiger partial charge on any atom is 0.0235 e. The van der Waals surface area contributed by atoms with Crippen LogP contribution in [0.2, 0.25) is 0 Å². The van der Waals surface area contributed by atoms with Crippen LogP contribution in [0.5, 0.6) is 0 Å². The molecule has 1 nitrogen and oxygen atoms in total. The summed E-state index contributed by atoms with van der Waals surface area (Å²) < 4.78 is 0. The molecule has 0 aliphatic carbocycles. The van der Waals surface area contributed by atoms with Crippen molar-refractivity contribution in [3.63, 3.8) is 0 Å². The van der Waals surface area contributed by atoms with Crippen molar-refractivity contribution in [3.8, 4) is 0 Å². The lowest BCUT2D eigenvalue weighted by Crippen LogP contribution is -2.44. The Bertz CT molecular complexity index is 520. The van der Waals surface area contributed by atoms with Crippen molar-refractivity contribution in [3.05, 3.63) is 71.8 Å². The van der Waals surface area contributed by atoms with Gasteiger partial charge in [0.05, 0.1) is 0 Å². The summed E-state index contributed by atoms with van der Waals surface area (Å²) in [6.07, 6.45) is 12.4. The van der Waals surface area contributed by atoms with Crippen molar-refractivity contribution < 1.29 is 0 Å². The summed E-state index contributed by atoms with van der Waals surface area (Å²) in [5.74, 6) is 0. The first kappa shape index (κ1) is 19.7. The molecule has 0 radical (unpaired) electrons. The Hall–Kier alpha value is -1.60. The highest BCUT2D eigenvalue weighted by atomic mass is 14.7. The lowest BCUT2D eigenvalue weighted by atomic mass is 9.81. The van der Waals surface area contributed by atoms with Crippen LogP contribution >= 0.6 is 0 Å². The standard InChI is InChI=1S/C24H35N/c1-2-3-4-5-6-7-14-19-24(25,20-22-15-10-8-11-16-22)21-23-17-12-9-13-18-23/h8-13,15-18H,2-7,14,19-21,25H2,1H3. The molecule has 1 heteroatoms. The van der Waals surface area contributed by atoms with Crippen LogP contribution in [-0.4, -0.2) is 5.54 Å². The predicted octanol–water partition coefficient (Wildman–Crippen LogP) is 6.31. The van der Waals surface area contributed by atoms with Crippen LogP contribution in [0.1, 0.15) is 69.4 Å². The molecular formula is C24H35N. The minimum absolute atomic E-state index is 0.147. The number of hydrogen-bond donors (Lipinski definition) is 1. The predicted molar refractivity (Wildman–Crippen MR) is 110 cm³/mol. The van der Waals surface area contributed by atoms with Gasteiger partial charge < -0.3 is 5.73 Å². The maximum absolute atomic E-state index is 6.92. The molecule has 2 rings (SSSR count). The normalized spacial score (nSPS) is 11.6. The maximum atomic E-state index is 6.92. The Morgan fingerprint density at radius 1 is 0.640 bits per heavy atom. The fourth-order valence-corrected chi connectivity index (χ4v) is 3.68. The van der Waals surface area contributed by atoms with Gasteiger partial charge in [0.25, 0.3) is 0 Å². The van der Waals surface area contributed by atoms with Crippen molar-refractivity contribution in [1.29, 1.82) is 0 Å². The SMILES string of the molecule is CCCCCCCCCC(N)(Cc1ccccc1)Cc1ccccc1. The van der Waals surface area contributed by atoms with Crippen LogP contribution in [0.15, 0.2) is 60.7 Å². The molecule has 2 N–H and O–H groups in total. The molecule has 136 valence electrons. The monoisotopic (exact) mass is 337 g/mol. The summed E-state index contributed by atoms with van der Waals surface area (Å²) in [4.78, 5) is 0. The summed E-state index contributed by atoms with van der Waals surface area (Å²) in [7, 11) is 0. The average molecular weight is 338 g/mol. The minimum atomic E-state index is -0.147. The summed E-state index contributed by atoms with van der Waals surface area (Å²) in [5.41, 5.74) is 9.48. The number of nitrogens with two attached hydrogens (primary N) is 1. The van der Waals surface area contributed by atoms with E-state index < -0.39 is 0 Å². The first-order chi connectivity index (χ1) is 12.2. The molecule has 0 aliphatic rings. The zero-order valence-electron chi connectivity index (χ0n) is 15.9. The molecule has 0 aliphatic heterocycles. The van der Waals surface area contributed by atoms with Crippen molar-refractivity contribution >= 4 is 0 Å². The Kier molecular flexibility index (Phi) is 8.76. The van der Waals surface area contributed by atoms with Gasteiger partial charge in [-0.05, 0) is 30.4 Å². The lowest BCUT2D eigenvalue weighted by Gasteiger charge is -2.30. The number of hydrogen-bond acceptors (Lipinski definition) is 1. The highest BCUT2D eigenvalue weighted by Gasteiger charge is 2.25. The molecule has 0 bridgehead atoms. The van der Waals surface area contributed by atoms with E-state index in [9.17, 15) is 0 Å². The van der Waals surface area contributed by atoms with Gasteiger partial charge >= 0.3 is 0 Å². The Balaban J connectivity index is 1.89. The Labute approximate surface area is 154 Å². The van der Waals surface area contributed by atoms with Gasteiger partial charge in [0.15, 0.2) is 0 Å². The van der Waals surface area contributed by atoms with Gasteiger partial charge in [-0.3, -0.25) is 0 Å². The highest BCUT2D eigenvalue weighted by Crippen LogP contribution is 2.23. The molecule has 0 amide bonds. The second kappa shape index (κ2) is 11.1. The van der Waals surface area contributed by atoms with Gasteiger partial charge in [-0.2, -0.15) is 0 Å². The zero-order valence-corrected chi connectivity index (χ0v) is 15.9. The third kappa shape index (κ3) is 7.88. The van der Waals surface area contributed by atoms with Gasteiger partial charge in [-0.15, -0.1) is 0 Å². The van der Waals surface area contributed by atoms with Crippen LogP contribution in [0, 0.1) is 0 Å². The van der Waals surface area contributed by atoms with E-state index in [0.717, 1.165) is 19.3 Å². The fourth-order valence-electron chi connectivity index (χ4n) is 3.68. The number of unbranched alkanes of at least 4 members (excludes halogenated alkanes) is 6. The topological polar surface area (TPSA) is 26.0 Å². The molecule has 0 spiro atoms. The molecule has 2 aromatic rings. The second-order valence-corrected chi connectivity index (χ2v) is 7.56. The van der Waals surface area contributed by atoms with E-state index in [1.807, 2.05) is 0 Å². The smallest absolute Gasteiger partial charge is 0.0235 e. The molecule has 0 heterocycles. The van der Waals surface area contributed by atoms with Crippen LogP contribution in [0.4, 0.5) is 0 Å². The van der Waals surface area contributed by atoms with Crippen LogP contribution in [-0.2, 0) is 12.8 Å². The van der Waals surface area contributed by atoms with E-state index in [-0.39, 0.29) is 5.54 Å². The zero-order chi connectivity index (χ0) is 17.8. The molecule has 0 fully saturated rings. The van der Waals surface area contributed by atoms with Gasteiger partial charge in [-0.1, -0.05) is 113 Å². The van der Waals surface area contributed by atoms with Crippen LogP contribution in [0.3, 0.4) is 0 Å². The number of benzene rings is 2. The largest absolute Gasteiger partial charge is 0.324 e. The van der Waals surface area contributed by atoms with E-state index in [4.69, 9.17) is 5.73 Å². The molecule has 0 saturated heterocycles. The molecule has 0 saturated carbocycles. The van der Waals surface area contributed by atoms with Crippen molar-refractivity contribution in [2.24, 2.45) is 5.73 Å². The van der Waals surface area contributed by atoms with E-state index in [1.54, 1.807) is 0 Å². The van der Waals surface area contributed by atoms with Gasteiger partial charge in [0, 0.05) is 5.54 Å². The molecule has 25 heavy (non-hydrogen) atoms. The molecule has 0 unspecified atom stereocenters. The van der Waals surface area contributed by atoms with Crippen molar-refractivity contribution in [1.82, 2.24) is 0 Å². The summed E-state index contributed by atoms with van der Waals surface area (Å²) >= 11 is 0. The molecule has 0 aromatic heterocycles. The molecule has 0 atom stereocenters. The summed E-state index contributed by atoms with van der Waals surface area (Å²) in [6, 6.07) is 21.4. The van der Waals surface area contributed by atoms with Crippen LogP contribution < -0.4 is 5.73 Å². The van der Waals surface area contributed by atoms with Gasteiger partial charge in [0.1, 0.15) is 0 Å². The van der Waals surface area contributed by atoms with Crippen molar-refractivity contribution in [2.45, 2.75) is 76.7 Å². The Morgan fingerprint density at radius 3 is 1.56 bits per heavy atom. The minimum Gasteiger partial charge on any atom is -0.324 e. The quantitative estimate of drug-likeness (QED) is 0.451. The van der Waals surface area contributed by atoms with E-state index in [2.05, 4.69) is 67.6 Å². The molecule has 2 aromatic carbocycles. The van der Waals surface area contributed by atoms with E-state index in [1.165, 1.54) is 56.1 Å². The first-order valence-corrected chi connectivity index (χ1v) is 10.1. The third-order valence-electron chi connectivity index (χ3n) is 5.08. The van der Waals surface area contributed by atoms with E-state index in [0.29, 0.717) is 0 Å². The first-order valence-electron chi connectivity index (χ1n) is 10.1. The highest BCUT2D eigenvalue weighted by molar-refractivity contribution is 5.22. The van der Waals surface area contributed by atoms with Gasteiger partial charge in [-0.25, -0.2) is 0 Å². The third-order valence-corrected chi connectivity index (χ3v) is 5.08.